The molecular formula is C16H13Br2F3. The Bertz CT molecular complexity index is 663. The molecule has 0 saturated heterocycles. The average molecular weight is 422 g/mol. The first-order valence-corrected chi connectivity index (χ1v) is 7.99. The number of alkyl halides is 4. The van der Waals surface area contributed by atoms with E-state index in [0.29, 0.717) is 5.56 Å². The zero-order valence-corrected chi connectivity index (χ0v) is 14.6. The van der Waals surface area contributed by atoms with E-state index >= 15 is 0 Å². The van der Waals surface area contributed by atoms with Crippen LogP contribution in [0.4, 0.5) is 13.2 Å². The highest BCUT2D eigenvalue weighted by Gasteiger charge is 2.33. The second kappa shape index (κ2) is 6.13. The third kappa shape index (κ3) is 3.69. The Morgan fingerprint density at radius 3 is 2.24 bits per heavy atom. The van der Waals surface area contributed by atoms with Crippen LogP contribution in [0.15, 0.2) is 40.9 Å². The molecule has 2 rings (SSSR count). The van der Waals surface area contributed by atoms with E-state index in [2.05, 4.69) is 31.9 Å². The van der Waals surface area contributed by atoms with Gasteiger partial charge in [-0.05, 0) is 42.7 Å². The molecule has 0 amide bonds. The third-order valence-corrected chi connectivity index (χ3v) is 5.00. The van der Waals surface area contributed by atoms with Gasteiger partial charge in [0.15, 0.2) is 0 Å². The van der Waals surface area contributed by atoms with Gasteiger partial charge in [0, 0.05) is 4.47 Å². The Labute approximate surface area is 138 Å². The summed E-state index contributed by atoms with van der Waals surface area (Å²) in [5, 5.41) is 0. The first kappa shape index (κ1) is 16.6. The van der Waals surface area contributed by atoms with E-state index in [4.69, 9.17) is 0 Å². The first-order valence-electron chi connectivity index (χ1n) is 6.28. The lowest BCUT2D eigenvalue weighted by atomic mass is 9.97. The van der Waals surface area contributed by atoms with Gasteiger partial charge in [-0.2, -0.15) is 13.2 Å². The lowest BCUT2D eigenvalue weighted by molar-refractivity contribution is -0.138. The Hall–Kier alpha value is -0.810. The van der Waals surface area contributed by atoms with Gasteiger partial charge in [-0.1, -0.05) is 61.7 Å². The summed E-state index contributed by atoms with van der Waals surface area (Å²) < 4.78 is 39.0. The van der Waals surface area contributed by atoms with E-state index in [1.165, 1.54) is 12.1 Å². The molecule has 21 heavy (non-hydrogen) atoms. The van der Waals surface area contributed by atoms with Crippen LogP contribution in [-0.2, 0) is 6.18 Å². The summed E-state index contributed by atoms with van der Waals surface area (Å²) in [4.78, 5) is -0.271. The topological polar surface area (TPSA) is 0 Å². The van der Waals surface area contributed by atoms with E-state index < -0.39 is 11.7 Å². The molecule has 0 fully saturated rings. The minimum Gasteiger partial charge on any atom is -0.166 e. The van der Waals surface area contributed by atoms with Gasteiger partial charge in [0.1, 0.15) is 0 Å². The molecule has 1 atom stereocenters. The number of hydrogen-bond donors (Lipinski definition) is 0. The van der Waals surface area contributed by atoms with Gasteiger partial charge in [-0.15, -0.1) is 0 Å². The third-order valence-electron chi connectivity index (χ3n) is 3.29. The van der Waals surface area contributed by atoms with Crippen LogP contribution in [0.2, 0.25) is 0 Å². The summed E-state index contributed by atoms with van der Waals surface area (Å²) in [6.45, 7) is 3.95. The van der Waals surface area contributed by atoms with Gasteiger partial charge in [0.25, 0.3) is 0 Å². The monoisotopic (exact) mass is 420 g/mol. The van der Waals surface area contributed by atoms with Crippen molar-refractivity contribution in [3.05, 3.63) is 68.7 Å². The van der Waals surface area contributed by atoms with Crippen LogP contribution in [0.5, 0.6) is 0 Å². The van der Waals surface area contributed by atoms with Crippen LogP contribution in [0.25, 0.3) is 0 Å². The summed E-state index contributed by atoms with van der Waals surface area (Å²) in [5.74, 6) is 0. The molecule has 0 radical (unpaired) electrons. The van der Waals surface area contributed by atoms with Crippen molar-refractivity contribution >= 4 is 31.9 Å². The minimum absolute atomic E-state index is 0.0547. The molecule has 0 N–H and O–H groups in total. The zero-order chi connectivity index (χ0) is 15.8. The van der Waals surface area contributed by atoms with Gasteiger partial charge in [0.05, 0.1) is 10.4 Å². The number of hydrogen-bond acceptors (Lipinski definition) is 0. The largest absolute Gasteiger partial charge is 0.417 e. The fraction of sp³-hybridized carbons (Fsp3) is 0.250. The predicted molar refractivity (Wildman–Crippen MR) is 85.8 cm³/mol. The van der Waals surface area contributed by atoms with Crippen LogP contribution in [0, 0.1) is 13.8 Å². The molecule has 0 bridgehead atoms. The van der Waals surface area contributed by atoms with E-state index in [-0.39, 0.29) is 9.30 Å². The average Bonchev–Trinajstić information content (AvgIpc) is 2.37. The van der Waals surface area contributed by atoms with E-state index in [0.717, 1.165) is 16.7 Å². The normalized spacial score (nSPS) is 13.3. The summed E-state index contributed by atoms with van der Waals surface area (Å²) in [7, 11) is 0. The van der Waals surface area contributed by atoms with Crippen LogP contribution >= 0.6 is 31.9 Å². The number of aryl methyl sites for hydroxylation is 2. The predicted octanol–water partition coefficient (Wildman–Crippen LogP) is 6.57. The fourth-order valence-electron chi connectivity index (χ4n) is 2.21. The Morgan fingerprint density at radius 2 is 1.67 bits per heavy atom. The van der Waals surface area contributed by atoms with Crippen molar-refractivity contribution in [2.45, 2.75) is 24.9 Å². The maximum atomic E-state index is 13.0. The molecule has 112 valence electrons. The van der Waals surface area contributed by atoms with Crippen molar-refractivity contribution in [3.63, 3.8) is 0 Å². The standard InChI is InChI=1S/C16H13Br2F3/c1-9-3-5-12(10(2)7-9)15(18)11-4-6-14(17)13(8-11)16(19,20)21/h3-8,15H,1-2H3. The second-order valence-electron chi connectivity index (χ2n) is 4.96. The maximum absolute atomic E-state index is 13.0. The van der Waals surface area contributed by atoms with Crippen molar-refractivity contribution in [3.8, 4) is 0 Å². The van der Waals surface area contributed by atoms with Crippen molar-refractivity contribution in [1.29, 1.82) is 0 Å². The van der Waals surface area contributed by atoms with Crippen molar-refractivity contribution < 1.29 is 13.2 Å². The molecule has 0 nitrogen and oxygen atoms in total. The number of benzene rings is 2. The molecule has 2 aromatic carbocycles. The maximum Gasteiger partial charge on any atom is 0.417 e. The smallest absolute Gasteiger partial charge is 0.166 e. The molecule has 0 spiro atoms. The summed E-state index contributed by atoms with van der Waals surface area (Å²) >= 11 is 6.47. The van der Waals surface area contributed by atoms with Gasteiger partial charge in [-0.25, -0.2) is 0 Å². The Balaban J connectivity index is 2.46. The fourth-order valence-corrected chi connectivity index (χ4v) is 3.48. The van der Waals surface area contributed by atoms with Crippen LogP contribution < -0.4 is 0 Å². The van der Waals surface area contributed by atoms with Crippen LogP contribution in [0.3, 0.4) is 0 Å². The van der Waals surface area contributed by atoms with Crippen LogP contribution in [-0.4, -0.2) is 0 Å². The van der Waals surface area contributed by atoms with Crippen LogP contribution in [0.1, 0.15) is 32.6 Å². The zero-order valence-electron chi connectivity index (χ0n) is 11.4. The lowest BCUT2D eigenvalue weighted by Gasteiger charge is -2.17. The van der Waals surface area contributed by atoms with Crippen molar-refractivity contribution in [2.24, 2.45) is 0 Å². The highest BCUT2D eigenvalue weighted by atomic mass is 79.9. The van der Waals surface area contributed by atoms with Crippen molar-refractivity contribution in [1.82, 2.24) is 0 Å². The molecule has 0 aliphatic rings. The molecule has 2 aromatic rings. The highest BCUT2D eigenvalue weighted by molar-refractivity contribution is 9.10. The van der Waals surface area contributed by atoms with E-state index in [1.54, 1.807) is 6.07 Å². The number of rotatable bonds is 2. The Kier molecular flexibility index (Phi) is 4.83. The number of halogens is 5. The molecule has 5 heteroatoms. The highest BCUT2D eigenvalue weighted by Crippen LogP contribution is 2.39. The molecule has 0 aliphatic heterocycles. The Morgan fingerprint density at radius 1 is 1.00 bits per heavy atom. The van der Waals surface area contributed by atoms with Gasteiger partial charge in [-0.3, -0.25) is 0 Å². The molecular weight excluding hydrogens is 409 g/mol. The van der Waals surface area contributed by atoms with Gasteiger partial charge in [0.2, 0.25) is 0 Å². The molecule has 0 aromatic heterocycles. The van der Waals surface area contributed by atoms with Crippen molar-refractivity contribution in [2.75, 3.05) is 0 Å². The molecule has 0 saturated carbocycles. The lowest BCUT2D eigenvalue weighted by Crippen LogP contribution is -2.07. The molecule has 0 heterocycles. The van der Waals surface area contributed by atoms with E-state index in [1.807, 2.05) is 32.0 Å². The quantitative estimate of drug-likeness (QED) is 0.481. The molecule has 0 aliphatic carbocycles. The summed E-state index contributed by atoms with van der Waals surface area (Å²) in [5.41, 5.74) is 3.07. The molecule has 1 unspecified atom stereocenters. The first-order chi connectivity index (χ1) is 9.70. The SMILES string of the molecule is Cc1ccc(C(Br)c2ccc(Br)c(C(F)(F)F)c2)c(C)c1. The van der Waals surface area contributed by atoms with Gasteiger partial charge < -0.3 is 0 Å². The van der Waals surface area contributed by atoms with E-state index in [9.17, 15) is 13.2 Å². The minimum atomic E-state index is -4.37. The summed E-state index contributed by atoms with van der Waals surface area (Å²) in [6.07, 6.45) is -4.37. The van der Waals surface area contributed by atoms with Gasteiger partial charge >= 0.3 is 6.18 Å². The summed E-state index contributed by atoms with van der Waals surface area (Å²) in [6, 6.07) is 10.2. The second-order valence-corrected chi connectivity index (χ2v) is 6.73.